The van der Waals surface area contributed by atoms with Crippen LogP contribution in [0, 0.1) is 0 Å². The Morgan fingerprint density at radius 1 is 0.862 bits per heavy atom. The molecular weight excluding hydrogens is 431 g/mol. The molecule has 0 aromatic heterocycles. The third-order valence-electron chi connectivity index (χ3n) is 4.46. The number of carbonyl (C=O) groups excluding carboxylic acids is 1. The monoisotopic (exact) mass is 450 g/mol. The van der Waals surface area contributed by atoms with E-state index in [1.807, 2.05) is 42.5 Å². The van der Waals surface area contributed by atoms with Crippen LogP contribution in [0.25, 0.3) is 10.8 Å². The number of benzene rings is 3. The van der Waals surface area contributed by atoms with E-state index in [0.717, 1.165) is 10.8 Å². The normalized spacial score (nSPS) is 11.7. The number of amides is 1. The molecule has 0 heterocycles. The van der Waals surface area contributed by atoms with Gasteiger partial charge in [0.25, 0.3) is 5.91 Å². The van der Waals surface area contributed by atoms with E-state index in [0.29, 0.717) is 11.3 Å². The first-order chi connectivity index (χ1) is 14.0. The number of sulfonamides is 1. The molecule has 29 heavy (non-hydrogen) atoms. The number of nitrogens with one attached hydrogen (secondary N) is 1. The van der Waals surface area contributed by atoms with E-state index in [-0.39, 0.29) is 35.7 Å². The van der Waals surface area contributed by atoms with Gasteiger partial charge in [0, 0.05) is 41.5 Å². The number of halogens is 2. The quantitative estimate of drug-likeness (QED) is 0.511. The molecule has 8 heteroatoms. The molecule has 1 amide bonds. The van der Waals surface area contributed by atoms with Crippen molar-refractivity contribution in [2.24, 2.45) is 0 Å². The molecule has 0 radical (unpaired) electrons. The van der Waals surface area contributed by atoms with E-state index in [9.17, 15) is 13.2 Å². The fraction of sp³-hybridized carbons (Fsp3) is 0.190. The summed E-state index contributed by atoms with van der Waals surface area (Å²) in [5, 5.41) is 4.84. The highest BCUT2D eigenvalue weighted by Crippen LogP contribution is 2.24. The van der Waals surface area contributed by atoms with Crippen LogP contribution in [-0.2, 0) is 10.0 Å². The van der Waals surface area contributed by atoms with Gasteiger partial charge >= 0.3 is 0 Å². The maximum atomic E-state index is 12.7. The third-order valence-corrected chi connectivity index (χ3v) is 6.71. The van der Waals surface area contributed by atoms with Crippen LogP contribution in [0.3, 0.4) is 0 Å². The highest BCUT2D eigenvalue weighted by atomic mass is 35.5. The Morgan fingerprint density at radius 2 is 1.48 bits per heavy atom. The lowest BCUT2D eigenvalue weighted by atomic mass is 10.1. The molecule has 5 nitrogen and oxygen atoms in total. The Hall–Kier alpha value is -2.12. The summed E-state index contributed by atoms with van der Waals surface area (Å²) in [7, 11) is -3.72. The van der Waals surface area contributed by atoms with Crippen LogP contribution in [-0.4, -0.2) is 43.5 Å². The number of alkyl halides is 2. The zero-order valence-electron chi connectivity index (χ0n) is 15.5. The zero-order valence-corrected chi connectivity index (χ0v) is 17.8. The number of carbonyl (C=O) groups is 1. The standard InChI is InChI=1S/C21H20Cl2N2O3S/c22-12-14-25(15-13-23)29(27,28)18-10-8-17(9-11-18)21(26)24-20-7-3-5-16-4-1-2-6-19(16)20/h1-11H,12-15H2,(H,24,26). The van der Waals surface area contributed by atoms with Crippen LogP contribution >= 0.6 is 23.2 Å². The minimum Gasteiger partial charge on any atom is -0.321 e. The predicted molar refractivity (Wildman–Crippen MR) is 119 cm³/mol. The number of hydrogen-bond donors (Lipinski definition) is 1. The van der Waals surface area contributed by atoms with Gasteiger partial charge in [-0.2, -0.15) is 4.31 Å². The van der Waals surface area contributed by atoms with E-state index in [1.165, 1.54) is 28.6 Å². The van der Waals surface area contributed by atoms with Crippen molar-refractivity contribution in [3.05, 3.63) is 72.3 Å². The molecule has 3 aromatic carbocycles. The van der Waals surface area contributed by atoms with Gasteiger partial charge in [-0.15, -0.1) is 23.2 Å². The first-order valence-corrected chi connectivity index (χ1v) is 11.5. The Labute approximate surface area is 180 Å². The number of hydrogen-bond acceptors (Lipinski definition) is 3. The molecule has 3 rings (SSSR count). The van der Waals surface area contributed by atoms with Crippen LogP contribution < -0.4 is 5.32 Å². The van der Waals surface area contributed by atoms with Crippen molar-refractivity contribution in [2.45, 2.75) is 4.90 Å². The van der Waals surface area contributed by atoms with Gasteiger partial charge in [0.2, 0.25) is 10.0 Å². The summed E-state index contributed by atoms with van der Waals surface area (Å²) in [4.78, 5) is 12.7. The molecule has 0 aliphatic rings. The highest BCUT2D eigenvalue weighted by Gasteiger charge is 2.23. The number of anilines is 1. The van der Waals surface area contributed by atoms with Gasteiger partial charge in [-0.3, -0.25) is 4.79 Å². The van der Waals surface area contributed by atoms with Crippen LogP contribution in [0.2, 0.25) is 0 Å². The lowest BCUT2D eigenvalue weighted by Crippen LogP contribution is -2.34. The minimum absolute atomic E-state index is 0.0921. The maximum Gasteiger partial charge on any atom is 0.255 e. The molecule has 0 aliphatic carbocycles. The number of nitrogens with zero attached hydrogens (tertiary/aromatic N) is 1. The molecule has 0 bridgehead atoms. The molecule has 0 saturated carbocycles. The largest absolute Gasteiger partial charge is 0.321 e. The molecule has 0 unspecified atom stereocenters. The molecule has 1 N–H and O–H groups in total. The van der Waals surface area contributed by atoms with Gasteiger partial charge in [-0.05, 0) is 35.7 Å². The number of rotatable bonds is 8. The molecule has 0 aliphatic heterocycles. The van der Waals surface area contributed by atoms with Gasteiger partial charge < -0.3 is 5.32 Å². The van der Waals surface area contributed by atoms with Gasteiger partial charge in [0.05, 0.1) is 4.90 Å². The smallest absolute Gasteiger partial charge is 0.255 e. The second-order valence-corrected chi connectivity index (χ2v) is 8.98. The summed E-state index contributed by atoms with van der Waals surface area (Å²) < 4.78 is 26.7. The van der Waals surface area contributed by atoms with Crippen molar-refractivity contribution in [2.75, 3.05) is 30.2 Å². The zero-order chi connectivity index (χ0) is 20.9. The summed E-state index contributed by atoms with van der Waals surface area (Å²) >= 11 is 11.4. The molecular formula is C21H20Cl2N2O3S. The summed E-state index contributed by atoms with van der Waals surface area (Å²) in [6.07, 6.45) is 0. The molecule has 152 valence electrons. The van der Waals surface area contributed by atoms with Gasteiger partial charge in [0.1, 0.15) is 0 Å². The van der Waals surface area contributed by atoms with Crippen molar-refractivity contribution in [1.82, 2.24) is 4.31 Å². The molecule has 0 fully saturated rings. The van der Waals surface area contributed by atoms with Crippen LogP contribution in [0.15, 0.2) is 71.6 Å². The van der Waals surface area contributed by atoms with Crippen LogP contribution in [0.1, 0.15) is 10.4 Å². The first-order valence-electron chi connectivity index (χ1n) is 8.98. The van der Waals surface area contributed by atoms with E-state index in [1.54, 1.807) is 0 Å². The van der Waals surface area contributed by atoms with Crippen LogP contribution in [0.5, 0.6) is 0 Å². The predicted octanol–water partition coefficient (Wildman–Crippen LogP) is 4.56. The second-order valence-electron chi connectivity index (χ2n) is 6.29. The minimum atomic E-state index is -3.72. The van der Waals surface area contributed by atoms with Crippen molar-refractivity contribution >= 4 is 55.6 Å². The summed E-state index contributed by atoms with van der Waals surface area (Å²) in [5.41, 5.74) is 1.05. The highest BCUT2D eigenvalue weighted by molar-refractivity contribution is 7.89. The molecule has 0 saturated heterocycles. The topological polar surface area (TPSA) is 66.5 Å². The summed E-state index contributed by atoms with van der Waals surface area (Å²) in [5.74, 6) is 0.0205. The third kappa shape index (κ3) is 4.90. The molecule has 0 spiro atoms. The Morgan fingerprint density at radius 3 is 2.14 bits per heavy atom. The van der Waals surface area contributed by atoms with E-state index in [2.05, 4.69) is 5.32 Å². The second kappa shape index (κ2) is 9.59. The van der Waals surface area contributed by atoms with Crippen LogP contribution in [0.4, 0.5) is 5.69 Å². The Kier molecular flexibility index (Phi) is 7.14. The Balaban J connectivity index is 1.81. The fourth-order valence-electron chi connectivity index (χ4n) is 3.00. The lowest BCUT2D eigenvalue weighted by molar-refractivity contribution is 0.102. The van der Waals surface area contributed by atoms with E-state index < -0.39 is 10.0 Å². The molecule has 0 atom stereocenters. The van der Waals surface area contributed by atoms with Crippen molar-refractivity contribution in [3.8, 4) is 0 Å². The van der Waals surface area contributed by atoms with Gasteiger partial charge in [-0.1, -0.05) is 36.4 Å². The van der Waals surface area contributed by atoms with Crippen molar-refractivity contribution in [3.63, 3.8) is 0 Å². The van der Waals surface area contributed by atoms with E-state index >= 15 is 0 Å². The SMILES string of the molecule is O=C(Nc1cccc2ccccc12)c1ccc(S(=O)(=O)N(CCCl)CCCl)cc1. The Bertz CT molecular complexity index is 1090. The average molecular weight is 451 g/mol. The van der Waals surface area contributed by atoms with Crippen molar-refractivity contribution in [1.29, 1.82) is 0 Å². The van der Waals surface area contributed by atoms with Gasteiger partial charge in [0.15, 0.2) is 0 Å². The molecule has 3 aromatic rings. The van der Waals surface area contributed by atoms with Crippen molar-refractivity contribution < 1.29 is 13.2 Å². The summed E-state index contributed by atoms with van der Waals surface area (Å²) in [6.45, 7) is 0.333. The van der Waals surface area contributed by atoms with Gasteiger partial charge in [-0.25, -0.2) is 8.42 Å². The first kappa shape index (κ1) is 21.6. The number of fused-ring (bicyclic) bond motifs is 1. The summed E-state index contributed by atoms with van der Waals surface area (Å²) in [6, 6.07) is 19.2. The lowest BCUT2D eigenvalue weighted by Gasteiger charge is -2.20. The van der Waals surface area contributed by atoms with E-state index in [4.69, 9.17) is 23.2 Å². The average Bonchev–Trinajstić information content (AvgIpc) is 2.74. The maximum absolute atomic E-state index is 12.7. The fourth-order valence-corrected chi connectivity index (χ4v) is 5.05.